The molecule has 4 rings (SSSR count). The van der Waals surface area contributed by atoms with Crippen LogP contribution in [-0.2, 0) is 42.2 Å². The summed E-state index contributed by atoms with van der Waals surface area (Å²) in [4.78, 5) is 19.6. The van der Waals surface area contributed by atoms with Gasteiger partial charge in [0.15, 0.2) is 0 Å². The van der Waals surface area contributed by atoms with E-state index >= 15 is 0 Å². The SMILES string of the molecule is CCCCC(=O)N(Cc1nccn1C)c1ccc2c(c1)CCCC2.NS(=O)C1=CC=C(F)C=CC1. The van der Waals surface area contributed by atoms with Crippen LogP contribution in [0.4, 0.5) is 10.1 Å². The molecule has 2 aliphatic carbocycles. The van der Waals surface area contributed by atoms with Gasteiger partial charge in [0.2, 0.25) is 5.91 Å². The Balaban J connectivity index is 0.000000261. The molecule has 8 heteroatoms. The minimum Gasteiger partial charge on any atom is -0.337 e. The fourth-order valence-electron chi connectivity index (χ4n) is 4.10. The molecule has 0 saturated carbocycles. The zero-order valence-electron chi connectivity index (χ0n) is 20.6. The molecule has 0 spiro atoms. The number of allylic oxidation sites excluding steroid dienone is 6. The number of nitrogens with zero attached hydrogens (tertiary/aromatic N) is 3. The molecule has 2 N–H and O–H groups in total. The fraction of sp³-hybridized carbons (Fsp3) is 0.407. The number of amides is 1. The van der Waals surface area contributed by atoms with Crippen LogP contribution < -0.4 is 10.0 Å². The number of nitrogens with two attached hydrogens (primary N) is 1. The number of fused-ring (bicyclic) bond motifs is 1. The number of aromatic nitrogens is 2. The lowest BCUT2D eigenvalue weighted by atomic mass is 9.91. The Labute approximate surface area is 210 Å². The second-order valence-corrected chi connectivity index (χ2v) is 9.91. The van der Waals surface area contributed by atoms with E-state index in [0.29, 0.717) is 24.3 Å². The van der Waals surface area contributed by atoms with Gasteiger partial charge in [-0.15, -0.1) is 0 Å². The number of anilines is 1. The van der Waals surface area contributed by atoms with E-state index in [0.717, 1.165) is 30.8 Å². The van der Waals surface area contributed by atoms with Crippen LogP contribution in [0.3, 0.4) is 0 Å². The highest BCUT2D eigenvalue weighted by atomic mass is 32.2. The standard InChI is InChI=1S/C20H27N3O.C7H8FNOS/c1-3-4-9-20(24)23(15-19-21-12-13-22(19)2)18-11-10-16-7-5-6-8-17(16)14-18;8-6-2-1-3-7(5-4-6)11(9)10/h10-14H,3-9,15H2,1-2H3;1-2,4-5H,3,9H2. The Morgan fingerprint density at radius 1 is 1.23 bits per heavy atom. The maximum Gasteiger partial charge on any atom is 0.227 e. The van der Waals surface area contributed by atoms with Crippen LogP contribution in [-0.4, -0.2) is 19.7 Å². The summed E-state index contributed by atoms with van der Waals surface area (Å²) < 4.78 is 25.1. The number of imidazole rings is 1. The van der Waals surface area contributed by atoms with Gasteiger partial charge in [-0.25, -0.2) is 18.7 Å². The number of hydrogen-bond acceptors (Lipinski definition) is 3. The van der Waals surface area contributed by atoms with Crippen molar-refractivity contribution >= 4 is 22.6 Å². The topological polar surface area (TPSA) is 81.2 Å². The number of carbonyl (C=O) groups is 1. The minimum absolute atomic E-state index is 0.190. The second-order valence-electron chi connectivity index (χ2n) is 8.79. The van der Waals surface area contributed by atoms with Crippen molar-refractivity contribution in [2.75, 3.05) is 4.90 Å². The lowest BCUT2D eigenvalue weighted by molar-refractivity contribution is -0.118. The van der Waals surface area contributed by atoms with Gasteiger partial charge in [0.25, 0.3) is 0 Å². The van der Waals surface area contributed by atoms with Crippen LogP contribution in [0.2, 0.25) is 0 Å². The third-order valence-corrected chi connectivity index (χ3v) is 7.01. The molecule has 0 bridgehead atoms. The summed E-state index contributed by atoms with van der Waals surface area (Å²) in [6.45, 7) is 2.65. The first kappa shape index (κ1) is 26.8. The predicted molar refractivity (Wildman–Crippen MR) is 140 cm³/mol. The number of hydrogen-bond donors (Lipinski definition) is 1. The van der Waals surface area contributed by atoms with Gasteiger partial charge >= 0.3 is 0 Å². The van der Waals surface area contributed by atoms with Crippen molar-refractivity contribution in [1.82, 2.24) is 9.55 Å². The van der Waals surface area contributed by atoms with Crippen LogP contribution >= 0.6 is 0 Å². The molecule has 188 valence electrons. The number of rotatable bonds is 7. The summed E-state index contributed by atoms with van der Waals surface area (Å²) in [5, 5.41) is 5.10. The van der Waals surface area contributed by atoms with E-state index in [2.05, 4.69) is 30.1 Å². The van der Waals surface area contributed by atoms with Gasteiger partial charge in [0.05, 0.1) is 6.54 Å². The van der Waals surface area contributed by atoms with E-state index in [1.807, 2.05) is 22.7 Å². The zero-order chi connectivity index (χ0) is 25.2. The molecule has 1 aromatic heterocycles. The average Bonchev–Trinajstić information content (AvgIpc) is 3.13. The molecule has 1 aromatic carbocycles. The van der Waals surface area contributed by atoms with E-state index in [-0.39, 0.29) is 11.7 Å². The van der Waals surface area contributed by atoms with Crippen LogP contribution in [0.25, 0.3) is 0 Å². The van der Waals surface area contributed by atoms with Crippen molar-refractivity contribution in [2.24, 2.45) is 12.2 Å². The fourth-order valence-corrected chi connectivity index (χ4v) is 4.56. The number of carbonyl (C=O) groups excluding carboxylic acids is 1. The van der Waals surface area contributed by atoms with Gasteiger partial charge in [-0.2, -0.15) is 0 Å². The minimum atomic E-state index is -1.48. The Morgan fingerprint density at radius 3 is 2.69 bits per heavy atom. The van der Waals surface area contributed by atoms with Gasteiger partial charge in [-0.05, 0) is 73.6 Å². The maximum atomic E-state index is 12.8. The lowest BCUT2D eigenvalue weighted by Crippen LogP contribution is -2.31. The van der Waals surface area contributed by atoms with Gasteiger partial charge in [0.1, 0.15) is 22.6 Å². The highest BCUT2D eigenvalue weighted by Gasteiger charge is 2.19. The maximum absolute atomic E-state index is 12.8. The van der Waals surface area contributed by atoms with Crippen molar-refractivity contribution < 1.29 is 13.4 Å². The monoisotopic (exact) mass is 498 g/mol. The quantitative estimate of drug-likeness (QED) is 0.560. The van der Waals surface area contributed by atoms with Gasteiger partial charge in [-0.3, -0.25) is 4.79 Å². The summed E-state index contributed by atoms with van der Waals surface area (Å²) in [6, 6.07) is 6.54. The van der Waals surface area contributed by atoms with Gasteiger partial charge in [-0.1, -0.05) is 25.5 Å². The zero-order valence-corrected chi connectivity index (χ0v) is 21.4. The average molecular weight is 499 g/mol. The molecule has 0 fully saturated rings. The third-order valence-electron chi connectivity index (χ3n) is 6.19. The summed E-state index contributed by atoms with van der Waals surface area (Å²) in [6.07, 6.45) is 17.2. The summed E-state index contributed by atoms with van der Waals surface area (Å²) in [5.74, 6) is 0.763. The molecule has 2 aromatic rings. The summed E-state index contributed by atoms with van der Waals surface area (Å²) >= 11 is 0. The van der Waals surface area contributed by atoms with Gasteiger partial charge in [0, 0.05) is 42.9 Å². The summed E-state index contributed by atoms with van der Waals surface area (Å²) in [7, 11) is 0.497. The molecule has 35 heavy (non-hydrogen) atoms. The van der Waals surface area contributed by atoms with Crippen LogP contribution in [0.15, 0.2) is 65.6 Å². The normalized spacial score (nSPS) is 15.7. The highest BCUT2D eigenvalue weighted by molar-refractivity contribution is 7.86. The van der Waals surface area contributed by atoms with E-state index in [1.54, 1.807) is 12.3 Å². The van der Waals surface area contributed by atoms with Crippen molar-refractivity contribution in [3.05, 3.63) is 82.6 Å². The van der Waals surface area contributed by atoms with E-state index < -0.39 is 11.0 Å². The molecule has 1 heterocycles. The number of unbranched alkanes of at least 4 members (excludes halogenated alkanes) is 1. The molecular weight excluding hydrogens is 463 g/mol. The highest BCUT2D eigenvalue weighted by Crippen LogP contribution is 2.27. The van der Waals surface area contributed by atoms with Crippen molar-refractivity contribution in [3.63, 3.8) is 0 Å². The Morgan fingerprint density at radius 2 is 2.00 bits per heavy atom. The Bertz CT molecular complexity index is 1140. The van der Waals surface area contributed by atoms with Crippen LogP contribution in [0, 0.1) is 0 Å². The van der Waals surface area contributed by atoms with Crippen molar-refractivity contribution in [1.29, 1.82) is 0 Å². The van der Waals surface area contributed by atoms with Crippen molar-refractivity contribution in [3.8, 4) is 0 Å². The lowest BCUT2D eigenvalue weighted by Gasteiger charge is -2.25. The van der Waals surface area contributed by atoms with E-state index in [1.165, 1.54) is 48.6 Å². The Hall–Kier alpha value is -2.84. The number of halogens is 1. The molecule has 6 nitrogen and oxygen atoms in total. The summed E-state index contributed by atoms with van der Waals surface area (Å²) in [5.41, 5.74) is 3.87. The molecule has 1 atom stereocenters. The second kappa shape index (κ2) is 13.3. The molecule has 0 radical (unpaired) electrons. The van der Waals surface area contributed by atoms with E-state index in [9.17, 15) is 13.4 Å². The van der Waals surface area contributed by atoms with E-state index in [4.69, 9.17) is 5.14 Å². The first-order chi connectivity index (χ1) is 16.9. The Kier molecular flexibility index (Phi) is 10.2. The third kappa shape index (κ3) is 7.83. The molecule has 0 aliphatic heterocycles. The van der Waals surface area contributed by atoms with Crippen molar-refractivity contribution in [2.45, 2.75) is 64.8 Å². The first-order valence-electron chi connectivity index (χ1n) is 12.2. The predicted octanol–water partition coefficient (Wildman–Crippen LogP) is 5.33. The van der Waals surface area contributed by atoms with Crippen LogP contribution in [0.1, 0.15) is 62.4 Å². The smallest absolute Gasteiger partial charge is 0.227 e. The first-order valence-corrected chi connectivity index (χ1v) is 13.4. The largest absolute Gasteiger partial charge is 0.337 e. The number of benzene rings is 1. The number of aryl methyl sites for hydroxylation is 3. The molecule has 1 amide bonds. The molecule has 2 aliphatic rings. The van der Waals surface area contributed by atoms with Crippen LogP contribution in [0.5, 0.6) is 0 Å². The molecule has 0 saturated heterocycles. The molecular formula is C27H35FN4O2S. The van der Waals surface area contributed by atoms with Gasteiger partial charge < -0.3 is 9.47 Å². The molecule has 1 unspecified atom stereocenters.